The quantitative estimate of drug-likeness (QED) is 0.802. The van der Waals surface area contributed by atoms with Crippen molar-refractivity contribution in [2.75, 3.05) is 5.32 Å². The van der Waals surface area contributed by atoms with Crippen molar-refractivity contribution in [3.05, 3.63) is 41.3 Å². The first kappa shape index (κ1) is 13.4. The van der Waals surface area contributed by atoms with Gasteiger partial charge in [-0.1, -0.05) is 18.2 Å². The molecule has 3 aromatic rings. The van der Waals surface area contributed by atoms with Crippen molar-refractivity contribution in [1.82, 2.24) is 15.0 Å². The Balaban J connectivity index is 1.96. The highest BCUT2D eigenvalue weighted by atomic mass is 16.3. The standard InChI is InChI=1S/C15H16N4O2/c1-4-10-5-6-13-11(7-10)12(8-21-13)15(20)16-14-9(2)19(3)18-17-14/h5-8H,4H2,1-3H3,(H,16,20). The van der Waals surface area contributed by atoms with Crippen LogP contribution < -0.4 is 5.32 Å². The summed E-state index contributed by atoms with van der Waals surface area (Å²) in [4.78, 5) is 12.4. The minimum absolute atomic E-state index is 0.245. The molecular weight excluding hydrogens is 268 g/mol. The lowest BCUT2D eigenvalue weighted by Gasteiger charge is -2.02. The zero-order valence-corrected chi connectivity index (χ0v) is 12.2. The number of benzene rings is 1. The molecule has 0 saturated carbocycles. The van der Waals surface area contributed by atoms with Gasteiger partial charge in [0.25, 0.3) is 5.91 Å². The van der Waals surface area contributed by atoms with Crippen LogP contribution in [0.1, 0.15) is 28.5 Å². The van der Waals surface area contributed by atoms with Gasteiger partial charge in [-0.2, -0.15) is 0 Å². The number of carbonyl (C=O) groups is 1. The minimum atomic E-state index is -0.245. The number of carbonyl (C=O) groups excluding carboxylic acids is 1. The lowest BCUT2D eigenvalue weighted by atomic mass is 10.1. The Kier molecular flexibility index (Phi) is 3.21. The number of hydrogen-bond donors (Lipinski definition) is 1. The molecule has 6 nitrogen and oxygen atoms in total. The molecule has 21 heavy (non-hydrogen) atoms. The summed E-state index contributed by atoms with van der Waals surface area (Å²) < 4.78 is 7.05. The third-order valence-electron chi connectivity index (χ3n) is 3.63. The van der Waals surface area contributed by atoms with Crippen LogP contribution in [0.3, 0.4) is 0 Å². The SMILES string of the molecule is CCc1ccc2occ(C(=O)Nc3nnn(C)c3C)c2c1. The van der Waals surface area contributed by atoms with Crippen LogP contribution in [0.15, 0.2) is 28.9 Å². The van der Waals surface area contributed by atoms with E-state index in [2.05, 4.69) is 22.6 Å². The summed E-state index contributed by atoms with van der Waals surface area (Å²) >= 11 is 0. The summed E-state index contributed by atoms with van der Waals surface area (Å²) in [6.07, 6.45) is 2.39. The van der Waals surface area contributed by atoms with Crippen LogP contribution in [0.4, 0.5) is 5.82 Å². The van der Waals surface area contributed by atoms with Gasteiger partial charge in [0.2, 0.25) is 0 Å². The van der Waals surface area contributed by atoms with Gasteiger partial charge in [-0.3, -0.25) is 9.48 Å². The van der Waals surface area contributed by atoms with Gasteiger partial charge >= 0.3 is 0 Å². The third kappa shape index (κ3) is 2.29. The maximum atomic E-state index is 12.4. The maximum Gasteiger partial charge on any atom is 0.260 e. The maximum absolute atomic E-state index is 12.4. The molecule has 0 aliphatic rings. The Bertz CT molecular complexity index is 816. The third-order valence-corrected chi connectivity index (χ3v) is 3.63. The number of amides is 1. The average Bonchev–Trinajstić information content (AvgIpc) is 3.05. The number of rotatable bonds is 3. The van der Waals surface area contributed by atoms with Crippen molar-refractivity contribution in [3.8, 4) is 0 Å². The van der Waals surface area contributed by atoms with Gasteiger partial charge in [-0.05, 0) is 31.0 Å². The smallest absolute Gasteiger partial charge is 0.260 e. The summed E-state index contributed by atoms with van der Waals surface area (Å²) in [5.74, 6) is 0.217. The second-order valence-electron chi connectivity index (χ2n) is 4.93. The van der Waals surface area contributed by atoms with E-state index in [1.54, 1.807) is 11.7 Å². The molecule has 2 aromatic heterocycles. The number of furan rings is 1. The van der Waals surface area contributed by atoms with Gasteiger partial charge in [0.05, 0.1) is 11.3 Å². The number of aryl methyl sites for hydroxylation is 2. The Morgan fingerprint density at radius 1 is 1.43 bits per heavy atom. The number of anilines is 1. The van der Waals surface area contributed by atoms with Crippen LogP contribution >= 0.6 is 0 Å². The van der Waals surface area contributed by atoms with Gasteiger partial charge in [-0.25, -0.2) is 0 Å². The highest BCUT2D eigenvalue weighted by molar-refractivity contribution is 6.12. The molecular formula is C15H16N4O2. The molecule has 0 atom stereocenters. The Morgan fingerprint density at radius 3 is 2.90 bits per heavy atom. The van der Waals surface area contributed by atoms with Crippen molar-refractivity contribution in [2.24, 2.45) is 7.05 Å². The van der Waals surface area contributed by atoms with E-state index in [0.717, 1.165) is 23.1 Å². The molecule has 0 aliphatic heterocycles. The number of fused-ring (bicyclic) bond motifs is 1. The topological polar surface area (TPSA) is 73.0 Å². The largest absolute Gasteiger partial charge is 0.463 e. The molecule has 2 heterocycles. The monoisotopic (exact) mass is 284 g/mol. The van der Waals surface area contributed by atoms with Gasteiger partial charge in [0.15, 0.2) is 5.82 Å². The molecule has 3 rings (SSSR count). The summed E-state index contributed by atoms with van der Waals surface area (Å²) in [5.41, 5.74) is 3.16. The number of hydrogen-bond acceptors (Lipinski definition) is 4. The first-order valence-electron chi connectivity index (χ1n) is 6.78. The van der Waals surface area contributed by atoms with Crippen LogP contribution in [0.25, 0.3) is 11.0 Å². The molecule has 1 N–H and O–H groups in total. The minimum Gasteiger partial charge on any atom is -0.463 e. The molecule has 0 saturated heterocycles. The molecule has 6 heteroatoms. The van der Waals surface area contributed by atoms with Crippen LogP contribution in [0.2, 0.25) is 0 Å². The van der Waals surface area contributed by atoms with Crippen molar-refractivity contribution in [2.45, 2.75) is 20.3 Å². The molecule has 0 unspecified atom stereocenters. The first-order valence-corrected chi connectivity index (χ1v) is 6.78. The van der Waals surface area contributed by atoms with Gasteiger partial charge < -0.3 is 9.73 Å². The van der Waals surface area contributed by atoms with Crippen LogP contribution in [-0.2, 0) is 13.5 Å². The first-order chi connectivity index (χ1) is 10.1. The molecule has 1 aromatic carbocycles. The molecule has 0 radical (unpaired) electrons. The zero-order chi connectivity index (χ0) is 15.0. The normalized spacial score (nSPS) is 11.0. The predicted molar refractivity (Wildman–Crippen MR) is 79.3 cm³/mol. The summed E-state index contributed by atoms with van der Waals surface area (Å²) in [7, 11) is 1.78. The van der Waals surface area contributed by atoms with E-state index >= 15 is 0 Å². The lowest BCUT2D eigenvalue weighted by Crippen LogP contribution is -2.12. The highest BCUT2D eigenvalue weighted by Crippen LogP contribution is 2.24. The zero-order valence-electron chi connectivity index (χ0n) is 12.2. The van der Waals surface area contributed by atoms with E-state index in [9.17, 15) is 4.79 Å². The van der Waals surface area contributed by atoms with E-state index in [-0.39, 0.29) is 5.91 Å². The van der Waals surface area contributed by atoms with E-state index < -0.39 is 0 Å². The number of nitrogens with one attached hydrogen (secondary N) is 1. The number of nitrogens with zero attached hydrogens (tertiary/aromatic N) is 3. The second-order valence-corrected chi connectivity index (χ2v) is 4.93. The van der Waals surface area contributed by atoms with Gasteiger partial charge in [-0.15, -0.1) is 5.10 Å². The Morgan fingerprint density at radius 2 is 2.24 bits per heavy atom. The van der Waals surface area contributed by atoms with Crippen molar-refractivity contribution >= 4 is 22.7 Å². The summed E-state index contributed by atoms with van der Waals surface area (Å²) in [6.45, 7) is 3.92. The lowest BCUT2D eigenvalue weighted by molar-refractivity contribution is 0.102. The second kappa shape index (κ2) is 5.05. The molecule has 0 spiro atoms. The number of aromatic nitrogens is 3. The Labute approximate surface area is 121 Å². The van der Waals surface area contributed by atoms with E-state index in [0.29, 0.717) is 17.0 Å². The molecule has 108 valence electrons. The van der Waals surface area contributed by atoms with Crippen LogP contribution in [-0.4, -0.2) is 20.9 Å². The molecule has 0 fully saturated rings. The van der Waals surface area contributed by atoms with Gasteiger partial charge in [0.1, 0.15) is 11.8 Å². The van der Waals surface area contributed by atoms with E-state index in [1.165, 1.54) is 6.26 Å². The highest BCUT2D eigenvalue weighted by Gasteiger charge is 2.17. The van der Waals surface area contributed by atoms with Crippen molar-refractivity contribution in [3.63, 3.8) is 0 Å². The van der Waals surface area contributed by atoms with Crippen LogP contribution in [0.5, 0.6) is 0 Å². The predicted octanol–water partition coefficient (Wildman–Crippen LogP) is 2.68. The van der Waals surface area contributed by atoms with Gasteiger partial charge in [0, 0.05) is 12.4 Å². The summed E-state index contributed by atoms with van der Waals surface area (Å²) in [6, 6.07) is 5.87. The summed E-state index contributed by atoms with van der Waals surface area (Å²) in [5, 5.41) is 11.4. The molecule has 0 bridgehead atoms. The Hall–Kier alpha value is -2.63. The fraction of sp³-hybridized carbons (Fsp3) is 0.267. The van der Waals surface area contributed by atoms with E-state index in [1.807, 2.05) is 25.1 Å². The molecule has 1 amide bonds. The van der Waals surface area contributed by atoms with Crippen LogP contribution in [0, 0.1) is 6.92 Å². The fourth-order valence-corrected chi connectivity index (χ4v) is 2.17. The van der Waals surface area contributed by atoms with Crippen molar-refractivity contribution in [1.29, 1.82) is 0 Å². The molecule has 0 aliphatic carbocycles. The fourth-order valence-electron chi connectivity index (χ4n) is 2.17. The average molecular weight is 284 g/mol. The van der Waals surface area contributed by atoms with E-state index in [4.69, 9.17) is 4.42 Å². The van der Waals surface area contributed by atoms with Crippen molar-refractivity contribution < 1.29 is 9.21 Å².